The number of nitrogens with two attached hydrogens (primary N) is 1. The van der Waals surface area contributed by atoms with Crippen molar-refractivity contribution in [3.8, 4) is 6.07 Å². The molecule has 0 bridgehead atoms. The Morgan fingerprint density at radius 2 is 1.88 bits per heavy atom. The minimum Gasteiger partial charge on any atom is -0.479 e. The number of thiocarbonyl (C=S) groups is 1. The first-order valence-electron chi connectivity index (χ1n) is 8.96. The van der Waals surface area contributed by atoms with Gasteiger partial charge in [0.05, 0.1) is 22.8 Å². The number of rotatable bonds is 5. The number of carboxylic acids is 1. The minimum atomic E-state index is -4.81. The summed E-state index contributed by atoms with van der Waals surface area (Å²) in [6.07, 6.45) is -4.52. The molecule has 0 saturated heterocycles. The lowest BCUT2D eigenvalue weighted by molar-refractivity contribution is -0.139. The summed E-state index contributed by atoms with van der Waals surface area (Å²) < 4.78 is 54.1. The highest BCUT2D eigenvalue weighted by Crippen LogP contribution is 2.45. The number of nitriles is 1. The highest BCUT2D eigenvalue weighted by atomic mass is 32.1. The Hall–Kier alpha value is -3.72. The number of primary amides is 1. The van der Waals surface area contributed by atoms with Crippen LogP contribution in [0.1, 0.15) is 34.3 Å². The number of benzene rings is 2. The van der Waals surface area contributed by atoms with Crippen LogP contribution in [0, 0.1) is 17.1 Å². The van der Waals surface area contributed by atoms with Gasteiger partial charge in [-0.05, 0) is 61.5 Å². The summed E-state index contributed by atoms with van der Waals surface area (Å²) in [5, 5.41) is 20.8. The van der Waals surface area contributed by atoms with E-state index < -0.39 is 46.1 Å². The van der Waals surface area contributed by atoms with Gasteiger partial charge in [-0.2, -0.15) is 18.4 Å². The molecule has 0 aromatic heterocycles. The van der Waals surface area contributed by atoms with E-state index in [2.05, 4.69) is 5.32 Å². The Balaban J connectivity index is 2.02. The maximum atomic E-state index is 14.3. The molecule has 0 atom stereocenters. The number of nitrogens with zero attached hydrogens (tertiary/aromatic N) is 2. The van der Waals surface area contributed by atoms with Crippen LogP contribution < -0.4 is 16.0 Å². The predicted octanol–water partition coefficient (Wildman–Crippen LogP) is 3.64. The largest absolute Gasteiger partial charge is 0.479 e. The fourth-order valence-electron chi connectivity index (χ4n) is 3.19. The number of carbonyl (C=O) groups excluding carboxylic acids is 1. The molecule has 1 aliphatic rings. The first-order chi connectivity index (χ1) is 14.9. The lowest BCUT2D eigenvalue weighted by atomic mass is 10.1. The zero-order valence-corrected chi connectivity index (χ0v) is 16.9. The third-order valence-corrected chi connectivity index (χ3v) is 5.21. The van der Waals surface area contributed by atoms with E-state index in [0.29, 0.717) is 6.07 Å². The van der Waals surface area contributed by atoms with Gasteiger partial charge in [0.2, 0.25) is 0 Å². The average Bonchev–Trinajstić information content (AvgIpc) is 3.49. The second-order valence-corrected chi connectivity index (χ2v) is 7.39. The number of nitrogens with one attached hydrogen (secondary N) is 1. The molecule has 0 aliphatic heterocycles. The molecule has 1 saturated carbocycles. The first-order valence-corrected chi connectivity index (χ1v) is 9.37. The van der Waals surface area contributed by atoms with Crippen LogP contribution in [0.2, 0.25) is 0 Å². The molecule has 0 unspecified atom stereocenters. The van der Waals surface area contributed by atoms with Crippen LogP contribution >= 0.6 is 12.2 Å². The smallest absolute Gasteiger partial charge is 0.417 e. The standard InChI is InChI=1S/C20H14F4N4O3S/c21-15-8-12(3-4-13(15)16(26)29)28(19(5-6-19)17(30)31)18(32)27-11-2-1-10(9-25)14(7-11)20(22,23)24/h1-4,7-8H,5-6H2,(H2,26,29)(H,27,32)(H,30,31). The molecule has 1 fully saturated rings. The molecule has 1 amide bonds. The number of amides is 1. The van der Waals surface area contributed by atoms with E-state index in [1.165, 1.54) is 18.2 Å². The van der Waals surface area contributed by atoms with Crippen LogP contribution in [0.4, 0.5) is 28.9 Å². The third-order valence-electron chi connectivity index (χ3n) is 4.93. The molecule has 0 heterocycles. The maximum absolute atomic E-state index is 14.3. The molecule has 3 rings (SSSR count). The van der Waals surface area contributed by atoms with Crippen LogP contribution in [0.25, 0.3) is 0 Å². The third kappa shape index (κ3) is 4.19. The van der Waals surface area contributed by atoms with Crippen molar-refractivity contribution in [3.05, 3.63) is 58.9 Å². The Kier molecular flexibility index (Phi) is 5.80. The second kappa shape index (κ2) is 8.08. The monoisotopic (exact) mass is 466 g/mol. The molecule has 2 aromatic carbocycles. The molecule has 0 radical (unpaired) electrons. The Bertz CT molecular complexity index is 1170. The lowest BCUT2D eigenvalue weighted by Crippen LogP contribution is -2.49. The minimum absolute atomic E-state index is 0.0328. The molecular formula is C20H14F4N4O3S. The van der Waals surface area contributed by atoms with E-state index in [4.69, 9.17) is 23.2 Å². The van der Waals surface area contributed by atoms with Crippen molar-refractivity contribution >= 4 is 40.6 Å². The van der Waals surface area contributed by atoms with Crippen molar-refractivity contribution in [2.75, 3.05) is 10.2 Å². The summed E-state index contributed by atoms with van der Waals surface area (Å²) in [5.74, 6) is -3.31. The van der Waals surface area contributed by atoms with E-state index in [-0.39, 0.29) is 29.3 Å². The van der Waals surface area contributed by atoms with Gasteiger partial charge in [-0.3, -0.25) is 4.79 Å². The molecule has 166 valence electrons. The van der Waals surface area contributed by atoms with Gasteiger partial charge in [0.1, 0.15) is 11.4 Å². The van der Waals surface area contributed by atoms with Gasteiger partial charge >= 0.3 is 12.1 Å². The molecule has 12 heteroatoms. The van der Waals surface area contributed by atoms with Gasteiger partial charge in [0.15, 0.2) is 5.11 Å². The fourth-order valence-corrected chi connectivity index (χ4v) is 3.58. The van der Waals surface area contributed by atoms with Crippen molar-refractivity contribution < 1.29 is 32.3 Å². The highest BCUT2D eigenvalue weighted by molar-refractivity contribution is 7.80. The zero-order chi connectivity index (χ0) is 23.8. The summed E-state index contributed by atoms with van der Waals surface area (Å²) in [7, 11) is 0. The summed E-state index contributed by atoms with van der Waals surface area (Å²) >= 11 is 5.26. The molecular weight excluding hydrogens is 452 g/mol. The van der Waals surface area contributed by atoms with Gasteiger partial charge in [-0.15, -0.1) is 0 Å². The molecule has 7 nitrogen and oxygen atoms in total. The SMILES string of the molecule is N#Cc1ccc(NC(=S)N(c2ccc(C(N)=O)c(F)c2)C2(C(=O)O)CC2)cc1C(F)(F)F. The van der Waals surface area contributed by atoms with Crippen molar-refractivity contribution in [1.82, 2.24) is 0 Å². The zero-order valence-electron chi connectivity index (χ0n) is 16.0. The van der Waals surface area contributed by atoms with Crippen LogP contribution in [0.15, 0.2) is 36.4 Å². The Labute approximate surface area is 184 Å². The summed E-state index contributed by atoms with van der Waals surface area (Å²) in [6.45, 7) is 0. The lowest BCUT2D eigenvalue weighted by Gasteiger charge is -2.32. The molecule has 32 heavy (non-hydrogen) atoms. The van der Waals surface area contributed by atoms with Gasteiger partial charge in [-0.25, -0.2) is 9.18 Å². The van der Waals surface area contributed by atoms with E-state index in [9.17, 15) is 32.3 Å². The fraction of sp³-hybridized carbons (Fsp3) is 0.200. The molecule has 2 aromatic rings. The number of anilines is 2. The maximum Gasteiger partial charge on any atom is 0.417 e. The molecule has 4 N–H and O–H groups in total. The topological polar surface area (TPSA) is 119 Å². The number of alkyl halides is 3. The van der Waals surface area contributed by atoms with Crippen molar-refractivity contribution in [2.24, 2.45) is 5.73 Å². The van der Waals surface area contributed by atoms with Gasteiger partial charge in [0.25, 0.3) is 5.91 Å². The average molecular weight is 466 g/mol. The number of hydrogen-bond donors (Lipinski definition) is 3. The number of carboxylic acid groups (broad SMARTS) is 1. The number of aliphatic carboxylic acids is 1. The predicted molar refractivity (Wildman–Crippen MR) is 109 cm³/mol. The number of hydrogen-bond acceptors (Lipinski definition) is 4. The van der Waals surface area contributed by atoms with E-state index in [1.807, 2.05) is 0 Å². The van der Waals surface area contributed by atoms with Crippen LogP contribution in [-0.4, -0.2) is 27.6 Å². The number of carbonyl (C=O) groups is 2. The van der Waals surface area contributed by atoms with Crippen LogP contribution in [0.5, 0.6) is 0 Å². The van der Waals surface area contributed by atoms with Crippen molar-refractivity contribution in [2.45, 2.75) is 24.6 Å². The summed E-state index contributed by atoms with van der Waals surface area (Å²) in [5.41, 5.74) is 1.14. The molecule has 0 spiro atoms. The van der Waals surface area contributed by atoms with E-state index >= 15 is 0 Å². The van der Waals surface area contributed by atoms with Gasteiger partial charge in [-0.1, -0.05) is 0 Å². The van der Waals surface area contributed by atoms with E-state index in [1.54, 1.807) is 0 Å². The highest BCUT2D eigenvalue weighted by Gasteiger charge is 2.57. The molecule has 1 aliphatic carbocycles. The van der Waals surface area contributed by atoms with Gasteiger partial charge < -0.3 is 21.1 Å². The van der Waals surface area contributed by atoms with Crippen LogP contribution in [-0.2, 0) is 11.0 Å². The summed E-state index contributed by atoms with van der Waals surface area (Å²) in [4.78, 5) is 24.3. The van der Waals surface area contributed by atoms with Crippen molar-refractivity contribution in [3.63, 3.8) is 0 Å². The normalized spacial score (nSPS) is 14.2. The Morgan fingerprint density at radius 1 is 1.22 bits per heavy atom. The number of halogens is 4. The Morgan fingerprint density at radius 3 is 2.34 bits per heavy atom. The van der Waals surface area contributed by atoms with Crippen LogP contribution in [0.3, 0.4) is 0 Å². The quantitative estimate of drug-likeness (QED) is 0.455. The van der Waals surface area contributed by atoms with Crippen molar-refractivity contribution in [1.29, 1.82) is 5.26 Å². The van der Waals surface area contributed by atoms with E-state index in [0.717, 1.165) is 23.1 Å². The second-order valence-electron chi connectivity index (χ2n) is 7.00. The summed E-state index contributed by atoms with van der Waals surface area (Å²) in [6, 6.07) is 7.41. The van der Waals surface area contributed by atoms with Gasteiger partial charge in [0, 0.05) is 11.4 Å². The first kappa shape index (κ1) is 23.0.